The molecular formula is C10H9N5. The zero-order valence-electron chi connectivity index (χ0n) is 7.88. The van der Waals surface area contributed by atoms with Crippen molar-refractivity contribution in [3.8, 4) is 11.4 Å². The van der Waals surface area contributed by atoms with Crippen molar-refractivity contribution in [2.24, 2.45) is 0 Å². The number of nitrogens with two attached hydrogens (primary N) is 1. The van der Waals surface area contributed by atoms with Gasteiger partial charge < -0.3 is 10.7 Å². The summed E-state index contributed by atoms with van der Waals surface area (Å²) in [5.74, 6) is 1.26. The van der Waals surface area contributed by atoms with Gasteiger partial charge in [0.05, 0.1) is 0 Å². The molecule has 2 heterocycles. The Morgan fingerprint density at radius 3 is 2.67 bits per heavy atom. The van der Waals surface area contributed by atoms with Gasteiger partial charge in [0.2, 0.25) is 0 Å². The van der Waals surface area contributed by atoms with Crippen LogP contribution in [0, 0.1) is 0 Å². The fourth-order valence-corrected chi connectivity index (χ4v) is 1.52. The van der Waals surface area contributed by atoms with Crippen molar-refractivity contribution >= 4 is 11.5 Å². The smallest absolute Gasteiger partial charge is 0.161 e. The molecule has 0 atom stereocenters. The lowest BCUT2D eigenvalue weighted by Crippen LogP contribution is -1.90. The van der Waals surface area contributed by atoms with Crippen LogP contribution in [0.4, 0.5) is 5.82 Å². The fourth-order valence-electron chi connectivity index (χ4n) is 1.52. The second kappa shape index (κ2) is 2.84. The molecule has 0 fully saturated rings. The van der Waals surface area contributed by atoms with Gasteiger partial charge in [0.15, 0.2) is 11.5 Å². The maximum Gasteiger partial charge on any atom is 0.161 e. The molecule has 3 N–H and O–H groups in total. The Balaban J connectivity index is 2.16. The summed E-state index contributed by atoms with van der Waals surface area (Å²) in [4.78, 5) is 3.14. The summed E-state index contributed by atoms with van der Waals surface area (Å²) in [6, 6.07) is 11.6. The lowest BCUT2D eigenvalue weighted by molar-refractivity contribution is 0.830. The van der Waals surface area contributed by atoms with E-state index in [1.807, 2.05) is 30.3 Å². The lowest BCUT2D eigenvalue weighted by atomic mass is 10.2. The van der Waals surface area contributed by atoms with Crippen LogP contribution < -0.4 is 5.73 Å². The third-order valence-corrected chi connectivity index (χ3v) is 2.20. The van der Waals surface area contributed by atoms with E-state index in [1.54, 1.807) is 6.07 Å². The number of rotatable bonds is 1. The molecule has 0 aliphatic carbocycles. The van der Waals surface area contributed by atoms with E-state index in [2.05, 4.69) is 15.2 Å². The molecule has 5 heteroatoms. The van der Waals surface area contributed by atoms with Crippen molar-refractivity contribution in [1.82, 2.24) is 19.8 Å². The Kier molecular flexibility index (Phi) is 1.53. The number of hydrogen-bond donors (Lipinski definition) is 2. The molecule has 15 heavy (non-hydrogen) atoms. The molecule has 3 rings (SSSR count). The van der Waals surface area contributed by atoms with Crippen molar-refractivity contribution in [2.45, 2.75) is 0 Å². The number of fused-ring (bicyclic) bond motifs is 1. The van der Waals surface area contributed by atoms with E-state index in [0.717, 1.165) is 17.0 Å². The number of aromatic amines is 1. The van der Waals surface area contributed by atoms with Crippen LogP contribution >= 0.6 is 0 Å². The first-order valence-electron chi connectivity index (χ1n) is 4.60. The van der Waals surface area contributed by atoms with Crippen molar-refractivity contribution in [3.63, 3.8) is 0 Å². The highest BCUT2D eigenvalue weighted by Crippen LogP contribution is 2.15. The number of nitrogens with one attached hydrogen (secondary N) is 1. The number of nitrogens with zero attached hydrogens (tertiary/aromatic N) is 3. The number of H-pyrrole nitrogens is 1. The Morgan fingerprint density at radius 2 is 1.93 bits per heavy atom. The predicted molar refractivity (Wildman–Crippen MR) is 57.2 cm³/mol. The number of aromatic nitrogens is 4. The third kappa shape index (κ3) is 1.25. The van der Waals surface area contributed by atoms with Crippen LogP contribution in [0.2, 0.25) is 0 Å². The Morgan fingerprint density at radius 1 is 1.13 bits per heavy atom. The number of nitrogen functional groups attached to an aromatic ring is 1. The normalized spacial score (nSPS) is 10.9. The second-order valence-electron chi connectivity index (χ2n) is 3.28. The van der Waals surface area contributed by atoms with E-state index in [9.17, 15) is 0 Å². The summed E-state index contributed by atoms with van der Waals surface area (Å²) < 4.78 is 1.50. The largest absolute Gasteiger partial charge is 0.382 e. The predicted octanol–water partition coefficient (Wildman–Crippen LogP) is 1.31. The van der Waals surface area contributed by atoms with Crippen LogP contribution in [0.15, 0.2) is 36.4 Å². The average molecular weight is 199 g/mol. The zero-order chi connectivity index (χ0) is 10.3. The maximum absolute atomic E-state index is 5.53. The van der Waals surface area contributed by atoms with Gasteiger partial charge in [0.1, 0.15) is 5.82 Å². The summed E-state index contributed by atoms with van der Waals surface area (Å²) in [6.07, 6.45) is 0. The number of anilines is 1. The minimum absolute atomic E-state index is 0.466. The lowest BCUT2D eigenvalue weighted by Gasteiger charge is -1.92. The zero-order valence-corrected chi connectivity index (χ0v) is 7.88. The minimum Gasteiger partial charge on any atom is -0.382 e. The Bertz CT molecular complexity index is 561. The highest BCUT2D eigenvalue weighted by Gasteiger charge is 2.06. The first-order valence-corrected chi connectivity index (χ1v) is 4.60. The fraction of sp³-hybridized carbons (Fsp3) is 0. The van der Waals surface area contributed by atoms with Crippen LogP contribution in [-0.4, -0.2) is 19.8 Å². The molecule has 1 aromatic carbocycles. The van der Waals surface area contributed by atoms with Gasteiger partial charge in [0, 0.05) is 11.6 Å². The van der Waals surface area contributed by atoms with Gasteiger partial charge in [-0.15, -0.1) is 14.8 Å². The van der Waals surface area contributed by atoms with E-state index >= 15 is 0 Å². The SMILES string of the molecule is Nc1cc2[nH]c(-c3ccccc3)nn2n1. The first kappa shape index (κ1) is 8.05. The molecule has 5 nitrogen and oxygen atoms in total. The van der Waals surface area contributed by atoms with E-state index in [0.29, 0.717) is 5.82 Å². The average Bonchev–Trinajstić information content (AvgIpc) is 2.76. The van der Waals surface area contributed by atoms with Gasteiger partial charge in [-0.2, -0.15) is 0 Å². The molecule has 0 saturated heterocycles. The van der Waals surface area contributed by atoms with Crippen LogP contribution in [0.25, 0.3) is 17.0 Å². The van der Waals surface area contributed by atoms with Crippen LogP contribution in [0.1, 0.15) is 0 Å². The summed E-state index contributed by atoms with van der Waals surface area (Å²) in [5.41, 5.74) is 7.36. The number of hydrogen-bond acceptors (Lipinski definition) is 3. The van der Waals surface area contributed by atoms with Crippen molar-refractivity contribution < 1.29 is 0 Å². The standard InChI is InChI=1S/C10H9N5/c11-8-6-9-12-10(14-15(9)13-8)7-4-2-1-3-5-7/h1-6H,(H2,11,13)(H,12,14). The van der Waals surface area contributed by atoms with E-state index in [4.69, 9.17) is 5.73 Å². The van der Waals surface area contributed by atoms with Crippen LogP contribution in [0.3, 0.4) is 0 Å². The van der Waals surface area contributed by atoms with Gasteiger partial charge >= 0.3 is 0 Å². The van der Waals surface area contributed by atoms with E-state index in [-0.39, 0.29) is 0 Å². The Labute approximate surface area is 85.5 Å². The maximum atomic E-state index is 5.53. The summed E-state index contributed by atoms with van der Waals surface area (Å²) >= 11 is 0. The molecule has 0 saturated carbocycles. The van der Waals surface area contributed by atoms with Crippen molar-refractivity contribution in [1.29, 1.82) is 0 Å². The Hall–Kier alpha value is -2.30. The molecule has 0 amide bonds. The molecule has 0 radical (unpaired) electrons. The van der Waals surface area contributed by atoms with Crippen LogP contribution in [-0.2, 0) is 0 Å². The summed E-state index contributed by atoms with van der Waals surface area (Å²) in [6.45, 7) is 0. The van der Waals surface area contributed by atoms with E-state index in [1.165, 1.54) is 4.63 Å². The second-order valence-corrected chi connectivity index (χ2v) is 3.28. The quantitative estimate of drug-likeness (QED) is 0.620. The van der Waals surface area contributed by atoms with Gasteiger partial charge in [-0.1, -0.05) is 30.3 Å². The highest BCUT2D eigenvalue weighted by molar-refractivity contribution is 5.59. The number of benzene rings is 1. The molecule has 0 unspecified atom stereocenters. The summed E-state index contributed by atoms with van der Waals surface area (Å²) in [7, 11) is 0. The molecule has 0 aliphatic heterocycles. The highest BCUT2D eigenvalue weighted by atomic mass is 15.5. The van der Waals surface area contributed by atoms with Gasteiger partial charge in [0.25, 0.3) is 0 Å². The van der Waals surface area contributed by atoms with Crippen LogP contribution in [0.5, 0.6) is 0 Å². The monoisotopic (exact) mass is 199 g/mol. The van der Waals surface area contributed by atoms with Crippen molar-refractivity contribution in [3.05, 3.63) is 36.4 Å². The molecule has 2 aromatic heterocycles. The van der Waals surface area contributed by atoms with Gasteiger partial charge in [-0.25, -0.2) is 0 Å². The molecule has 0 aliphatic rings. The minimum atomic E-state index is 0.466. The van der Waals surface area contributed by atoms with Gasteiger partial charge in [-0.05, 0) is 0 Å². The molecular weight excluding hydrogens is 190 g/mol. The molecule has 3 aromatic rings. The molecule has 74 valence electrons. The molecule has 0 spiro atoms. The topological polar surface area (TPSA) is 72.0 Å². The third-order valence-electron chi connectivity index (χ3n) is 2.20. The van der Waals surface area contributed by atoms with E-state index < -0.39 is 0 Å². The summed E-state index contributed by atoms with van der Waals surface area (Å²) in [5, 5.41) is 8.29. The first-order chi connectivity index (χ1) is 7.33. The molecule has 0 bridgehead atoms. The van der Waals surface area contributed by atoms with Crippen molar-refractivity contribution in [2.75, 3.05) is 5.73 Å². The van der Waals surface area contributed by atoms with Gasteiger partial charge in [-0.3, -0.25) is 0 Å².